The maximum Gasteiger partial charge on any atom is 0.251 e. The van der Waals surface area contributed by atoms with Crippen LogP contribution in [0.5, 0.6) is 0 Å². The molecule has 132 valence electrons. The summed E-state index contributed by atoms with van der Waals surface area (Å²) < 4.78 is 6.20. The Hall–Kier alpha value is -1.39. The summed E-state index contributed by atoms with van der Waals surface area (Å²) in [6.07, 6.45) is 1.68. The minimum atomic E-state index is -0.315. The van der Waals surface area contributed by atoms with Gasteiger partial charge in [-0.05, 0) is 46.1 Å². The first kappa shape index (κ1) is 17.4. The number of rotatable bonds is 3. The summed E-state index contributed by atoms with van der Waals surface area (Å²) in [5.74, 6) is 0.137. The van der Waals surface area contributed by atoms with Crippen molar-refractivity contribution >= 4 is 5.91 Å². The van der Waals surface area contributed by atoms with Crippen LogP contribution in [-0.4, -0.2) is 53.1 Å². The Morgan fingerprint density at radius 2 is 1.83 bits per heavy atom. The molecule has 2 aliphatic heterocycles. The molecule has 0 saturated carbocycles. The van der Waals surface area contributed by atoms with Gasteiger partial charge < -0.3 is 9.64 Å². The average molecular weight is 330 g/mol. The minimum Gasteiger partial charge on any atom is -0.360 e. The van der Waals surface area contributed by atoms with Crippen molar-refractivity contribution in [3.63, 3.8) is 0 Å². The van der Waals surface area contributed by atoms with Gasteiger partial charge in [0.15, 0.2) is 0 Å². The summed E-state index contributed by atoms with van der Waals surface area (Å²) in [5, 5.41) is 0. The van der Waals surface area contributed by atoms with Gasteiger partial charge in [-0.3, -0.25) is 9.69 Å². The Morgan fingerprint density at radius 1 is 1.21 bits per heavy atom. The van der Waals surface area contributed by atoms with E-state index in [-0.39, 0.29) is 23.7 Å². The molecule has 0 radical (unpaired) electrons. The molecule has 2 heterocycles. The van der Waals surface area contributed by atoms with E-state index in [2.05, 4.69) is 49.9 Å². The van der Waals surface area contributed by atoms with E-state index in [0.717, 1.165) is 39.0 Å². The van der Waals surface area contributed by atoms with Crippen LogP contribution in [0.2, 0.25) is 0 Å². The van der Waals surface area contributed by atoms with E-state index in [4.69, 9.17) is 4.74 Å². The van der Waals surface area contributed by atoms with Crippen LogP contribution in [0, 0.1) is 6.92 Å². The SMILES string of the molecule is Cc1ccc(CN2CCC3(CC2)CN(C(C)C)C(=O)[C@@H](C)O3)cc1. The minimum absolute atomic E-state index is 0.137. The lowest BCUT2D eigenvalue weighted by molar-refractivity contribution is -0.193. The van der Waals surface area contributed by atoms with Crippen LogP contribution < -0.4 is 0 Å². The van der Waals surface area contributed by atoms with Crippen molar-refractivity contribution < 1.29 is 9.53 Å². The molecule has 0 bridgehead atoms. The zero-order valence-corrected chi connectivity index (χ0v) is 15.4. The highest BCUT2D eigenvalue weighted by Gasteiger charge is 2.45. The molecule has 1 amide bonds. The van der Waals surface area contributed by atoms with E-state index in [1.165, 1.54) is 11.1 Å². The van der Waals surface area contributed by atoms with Gasteiger partial charge in [0.05, 0.1) is 12.1 Å². The second-order valence-corrected chi connectivity index (χ2v) is 7.76. The number of piperidine rings is 1. The number of hydrogen-bond acceptors (Lipinski definition) is 3. The maximum absolute atomic E-state index is 12.3. The Labute approximate surface area is 145 Å². The number of aryl methyl sites for hydroxylation is 1. The molecule has 4 nitrogen and oxygen atoms in total. The fourth-order valence-electron chi connectivity index (χ4n) is 3.87. The largest absolute Gasteiger partial charge is 0.360 e. The van der Waals surface area contributed by atoms with Gasteiger partial charge >= 0.3 is 0 Å². The lowest BCUT2D eigenvalue weighted by Gasteiger charge is -2.50. The zero-order valence-electron chi connectivity index (χ0n) is 15.4. The summed E-state index contributed by atoms with van der Waals surface area (Å²) in [5.41, 5.74) is 2.52. The molecule has 3 rings (SSSR count). The number of benzene rings is 1. The highest BCUT2D eigenvalue weighted by Crippen LogP contribution is 2.34. The predicted molar refractivity (Wildman–Crippen MR) is 95.8 cm³/mol. The molecule has 1 atom stereocenters. The van der Waals surface area contributed by atoms with Crippen LogP contribution in [0.25, 0.3) is 0 Å². The molecule has 0 aromatic heterocycles. The van der Waals surface area contributed by atoms with Crippen molar-refractivity contribution in [2.45, 2.75) is 64.8 Å². The third-order valence-corrected chi connectivity index (χ3v) is 5.43. The molecule has 4 heteroatoms. The molecular weight excluding hydrogens is 300 g/mol. The molecule has 2 saturated heterocycles. The standard InChI is InChI=1S/C20H30N2O2/c1-15(2)22-14-20(24-17(4)19(22)23)9-11-21(12-10-20)13-18-7-5-16(3)6-8-18/h5-8,15,17H,9-14H2,1-4H3/t17-/m1/s1. The van der Waals surface area contributed by atoms with Gasteiger partial charge in [0.25, 0.3) is 5.91 Å². The number of hydrogen-bond donors (Lipinski definition) is 0. The molecule has 1 aromatic carbocycles. The lowest BCUT2D eigenvalue weighted by atomic mass is 9.87. The Balaban J connectivity index is 1.61. The van der Waals surface area contributed by atoms with E-state index in [1.807, 2.05) is 11.8 Å². The van der Waals surface area contributed by atoms with E-state index >= 15 is 0 Å². The van der Waals surface area contributed by atoms with Gasteiger partial charge in [0.1, 0.15) is 6.10 Å². The van der Waals surface area contributed by atoms with E-state index < -0.39 is 0 Å². The topological polar surface area (TPSA) is 32.8 Å². The van der Waals surface area contributed by atoms with Crippen molar-refractivity contribution in [1.29, 1.82) is 0 Å². The lowest BCUT2D eigenvalue weighted by Crippen LogP contribution is -2.62. The predicted octanol–water partition coefficient (Wildman–Crippen LogP) is 2.99. The van der Waals surface area contributed by atoms with E-state index in [1.54, 1.807) is 0 Å². The molecule has 0 aliphatic carbocycles. The van der Waals surface area contributed by atoms with Crippen LogP contribution in [0.4, 0.5) is 0 Å². The van der Waals surface area contributed by atoms with Gasteiger partial charge in [0.2, 0.25) is 0 Å². The summed E-state index contributed by atoms with van der Waals surface area (Å²) in [6, 6.07) is 9.04. The van der Waals surface area contributed by atoms with Crippen molar-refractivity contribution in [3.05, 3.63) is 35.4 Å². The van der Waals surface area contributed by atoms with Gasteiger partial charge in [-0.15, -0.1) is 0 Å². The smallest absolute Gasteiger partial charge is 0.251 e. The summed E-state index contributed by atoms with van der Waals surface area (Å²) >= 11 is 0. The fraction of sp³-hybridized carbons (Fsp3) is 0.650. The molecule has 24 heavy (non-hydrogen) atoms. The normalized spacial score (nSPS) is 24.8. The third kappa shape index (κ3) is 3.65. The van der Waals surface area contributed by atoms with E-state index in [0.29, 0.717) is 0 Å². The number of carbonyl (C=O) groups excluding carboxylic acids is 1. The first-order valence-corrected chi connectivity index (χ1v) is 9.15. The molecule has 0 N–H and O–H groups in total. The Bertz CT molecular complexity index is 574. The summed E-state index contributed by atoms with van der Waals surface area (Å²) in [6.45, 7) is 12.0. The Morgan fingerprint density at radius 3 is 2.42 bits per heavy atom. The molecule has 2 aliphatic rings. The third-order valence-electron chi connectivity index (χ3n) is 5.43. The Kier molecular flexibility index (Phi) is 4.97. The van der Waals surface area contributed by atoms with Crippen molar-refractivity contribution in [2.75, 3.05) is 19.6 Å². The first-order chi connectivity index (χ1) is 11.4. The van der Waals surface area contributed by atoms with Crippen LogP contribution >= 0.6 is 0 Å². The van der Waals surface area contributed by atoms with Crippen molar-refractivity contribution in [2.24, 2.45) is 0 Å². The van der Waals surface area contributed by atoms with Crippen LogP contribution in [0.1, 0.15) is 44.7 Å². The molecule has 2 fully saturated rings. The number of nitrogens with zero attached hydrogens (tertiary/aromatic N) is 2. The van der Waals surface area contributed by atoms with Gasteiger partial charge in [0, 0.05) is 25.7 Å². The molecule has 0 unspecified atom stereocenters. The second-order valence-electron chi connectivity index (χ2n) is 7.76. The molecule has 1 aromatic rings. The van der Waals surface area contributed by atoms with Gasteiger partial charge in [-0.2, -0.15) is 0 Å². The van der Waals surface area contributed by atoms with Gasteiger partial charge in [-0.1, -0.05) is 29.8 Å². The first-order valence-electron chi connectivity index (χ1n) is 9.15. The highest BCUT2D eigenvalue weighted by molar-refractivity contribution is 5.81. The average Bonchev–Trinajstić information content (AvgIpc) is 2.55. The second kappa shape index (κ2) is 6.85. The number of carbonyl (C=O) groups is 1. The fourth-order valence-corrected chi connectivity index (χ4v) is 3.87. The van der Waals surface area contributed by atoms with Gasteiger partial charge in [-0.25, -0.2) is 0 Å². The van der Waals surface area contributed by atoms with Crippen LogP contribution in [-0.2, 0) is 16.1 Å². The summed E-state index contributed by atoms with van der Waals surface area (Å²) in [7, 11) is 0. The highest BCUT2D eigenvalue weighted by atomic mass is 16.5. The maximum atomic E-state index is 12.3. The van der Waals surface area contributed by atoms with Crippen LogP contribution in [0.3, 0.4) is 0 Å². The summed E-state index contributed by atoms with van der Waals surface area (Å²) in [4.78, 5) is 16.8. The number of morpholine rings is 1. The quantitative estimate of drug-likeness (QED) is 0.854. The number of ether oxygens (including phenoxy) is 1. The van der Waals surface area contributed by atoms with E-state index in [9.17, 15) is 4.79 Å². The number of likely N-dealkylation sites (tertiary alicyclic amines) is 1. The molecule has 1 spiro atoms. The zero-order chi connectivity index (χ0) is 17.3. The van der Waals surface area contributed by atoms with Crippen LogP contribution in [0.15, 0.2) is 24.3 Å². The number of amides is 1. The molecular formula is C20H30N2O2. The van der Waals surface area contributed by atoms with Crippen molar-refractivity contribution in [1.82, 2.24) is 9.80 Å². The monoisotopic (exact) mass is 330 g/mol. The van der Waals surface area contributed by atoms with Crippen molar-refractivity contribution in [3.8, 4) is 0 Å².